The van der Waals surface area contributed by atoms with Gasteiger partial charge in [0.05, 0.1) is 6.42 Å². The van der Waals surface area contributed by atoms with E-state index in [9.17, 15) is 22.8 Å². The average Bonchev–Trinajstić information content (AvgIpc) is 3.05. The number of aromatic nitrogens is 2. The van der Waals surface area contributed by atoms with Crippen molar-refractivity contribution >= 4 is 44.8 Å². The lowest BCUT2D eigenvalue weighted by molar-refractivity contribution is -0.136. The van der Waals surface area contributed by atoms with E-state index in [1.165, 1.54) is 4.90 Å². The number of hydrogen-bond acceptors (Lipinski definition) is 8. The van der Waals surface area contributed by atoms with Crippen molar-refractivity contribution in [3.63, 3.8) is 0 Å². The van der Waals surface area contributed by atoms with Crippen LogP contribution in [0.1, 0.15) is 15.4 Å². The number of nitrogens with one attached hydrogen (secondary N) is 1. The first-order valence-electron chi connectivity index (χ1n) is 7.52. The van der Waals surface area contributed by atoms with Gasteiger partial charge in [-0.2, -0.15) is 0 Å². The summed E-state index contributed by atoms with van der Waals surface area (Å²) in [7, 11) is -0.108. The van der Waals surface area contributed by atoms with E-state index in [0.717, 1.165) is 6.26 Å². The Hall–Kier alpha value is -3.06. The second-order valence-corrected chi connectivity index (χ2v) is 8.77. The van der Waals surface area contributed by atoms with Gasteiger partial charge in [-0.3, -0.25) is 9.59 Å². The van der Waals surface area contributed by atoms with Crippen molar-refractivity contribution in [3.8, 4) is 0 Å². The second kappa shape index (κ2) is 9.75. The van der Waals surface area contributed by atoms with Gasteiger partial charge in [0.2, 0.25) is 19.2 Å². The van der Waals surface area contributed by atoms with Crippen LogP contribution in [0.15, 0.2) is 28.6 Å². The van der Waals surface area contributed by atoms with E-state index in [4.69, 9.17) is 10.8 Å². The molecule has 2 rings (SSSR count). The molecule has 28 heavy (non-hydrogen) atoms. The summed E-state index contributed by atoms with van der Waals surface area (Å²) >= 11 is 0.663. The highest BCUT2D eigenvalue weighted by Gasteiger charge is 2.16. The molecule has 3 amide bonds. The van der Waals surface area contributed by atoms with Crippen LogP contribution in [0.5, 0.6) is 0 Å². The summed E-state index contributed by atoms with van der Waals surface area (Å²) in [4.78, 5) is 33.7. The number of carbonyl (C=O) groups is 3. The molecule has 0 aliphatic heterocycles. The van der Waals surface area contributed by atoms with Gasteiger partial charge in [-0.1, -0.05) is 23.5 Å². The van der Waals surface area contributed by atoms with Gasteiger partial charge in [0, 0.05) is 26.0 Å². The summed E-state index contributed by atoms with van der Waals surface area (Å²) in [5.74, 6) is -1.67. The molecule has 0 aliphatic carbocycles. The molecular weight excluding hydrogens is 410 g/mol. The summed E-state index contributed by atoms with van der Waals surface area (Å²) in [6.45, 7) is 0. The molecule has 0 saturated heterocycles. The summed E-state index contributed by atoms with van der Waals surface area (Å²) in [6.07, 6.45) is 0.934. The normalized spacial score (nSPS) is 10.4. The molecule has 1 aromatic carbocycles. The number of urea groups is 1. The van der Waals surface area contributed by atoms with Crippen molar-refractivity contribution in [2.45, 2.75) is 10.8 Å². The van der Waals surface area contributed by atoms with Crippen molar-refractivity contribution in [1.82, 2.24) is 15.1 Å². The first-order valence-corrected chi connectivity index (χ1v) is 10.2. The van der Waals surface area contributed by atoms with Gasteiger partial charge in [0.25, 0.3) is 5.91 Å². The van der Waals surface area contributed by atoms with E-state index in [0.29, 0.717) is 22.6 Å². The number of hydrogen-bond donors (Lipinski definition) is 3. The number of nitrogens with zero attached hydrogens (tertiary/aromatic N) is 3. The number of anilines is 1. The van der Waals surface area contributed by atoms with E-state index < -0.39 is 21.7 Å². The first kappa shape index (κ1) is 23.0. The number of rotatable bonds is 5. The van der Waals surface area contributed by atoms with Gasteiger partial charge < -0.3 is 21.1 Å². The monoisotopic (exact) mass is 429 g/mol. The van der Waals surface area contributed by atoms with E-state index in [1.54, 1.807) is 38.4 Å². The largest absolute Gasteiger partial charge is 0.481 e. The number of carbonyl (C=O) groups excluding carboxylic acids is 2. The fourth-order valence-corrected chi connectivity index (χ4v) is 3.09. The smallest absolute Gasteiger partial charge is 0.321 e. The van der Waals surface area contributed by atoms with E-state index >= 15 is 0 Å². The molecule has 1 aromatic heterocycles. The third kappa shape index (κ3) is 7.67. The van der Waals surface area contributed by atoms with Crippen LogP contribution >= 0.6 is 11.3 Å². The Morgan fingerprint density at radius 1 is 1.25 bits per heavy atom. The van der Waals surface area contributed by atoms with Gasteiger partial charge in [0.15, 0.2) is 0 Å². The molecule has 0 spiro atoms. The Balaban J connectivity index is 0.000000292. The molecule has 0 aliphatic rings. The minimum Gasteiger partial charge on any atom is -0.481 e. The average molecular weight is 429 g/mol. The third-order valence-electron chi connectivity index (χ3n) is 2.87. The molecule has 0 fully saturated rings. The molecule has 0 atom stereocenters. The topological polar surface area (TPSA) is 173 Å². The Bertz CT molecular complexity index is 971. The van der Waals surface area contributed by atoms with Crippen LogP contribution < -0.4 is 11.1 Å². The van der Waals surface area contributed by atoms with E-state index in [-0.39, 0.29) is 21.8 Å². The van der Waals surface area contributed by atoms with Crippen molar-refractivity contribution in [1.29, 1.82) is 0 Å². The van der Waals surface area contributed by atoms with Gasteiger partial charge >= 0.3 is 12.0 Å². The Morgan fingerprint density at radius 3 is 2.32 bits per heavy atom. The summed E-state index contributed by atoms with van der Waals surface area (Å²) < 4.78 is 21.5. The fourth-order valence-electron chi connectivity index (χ4n) is 1.63. The molecule has 0 radical (unpaired) electrons. The van der Waals surface area contributed by atoms with Crippen molar-refractivity contribution in [2.75, 3.05) is 25.7 Å². The highest BCUT2D eigenvalue weighted by molar-refractivity contribution is 7.92. The zero-order chi connectivity index (χ0) is 21.5. The van der Waals surface area contributed by atoms with Crippen LogP contribution in [0.25, 0.3) is 0 Å². The lowest BCUT2D eigenvalue weighted by atomic mass is 10.1. The maximum atomic E-state index is 11.3. The van der Waals surface area contributed by atoms with Crippen LogP contribution in [0, 0.1) is 0 Å². The Morgan fingerprint density at radius 2 is 1.89 bits per heavy atom. The number of aliphatic carboxylic acids is 1. The Kier molecular flexibility index (Phi) is 8.00. The zero-order valence-corrected chi connectivity index (χ0v) is 16.9. The Labute approximate surface area is 165 Å². The van der Waals surface area contributed by atoms with Gasteiger partial charge in [0.1, 0.15) is 0 Å². The standard InChI is InChI=1S/C11H14N2O3.C4H5N3O3S2/c1-13(2)11(16)12-9-5-3-4-8(6-9)7-10(14)15;1-12(9,10)4-7-6-3(11-4)2(5)8/h3-6H,7H2,1-2H3,(H,12,16)(H,14,15);1H3,(H2,5,8). The molecule has 0 bridgehead atoms. The molecule has 13 heteroatoms. The number of amides is 3. The summed E-state index contributed by atoms with van der Waals surface area (Å²) in [5.41, 5.74) is 6.10. The number of carboxylic acids is 1. The number of benzene rings is 1. The minimum atomic E-state index is -3.38. The number of primary amides is 1. The van der Waals surface area contributed by atoms with E-state index in [2.05, 4.69) is 15.5 Å². The van der Waals surface area contributed by atoms with Crippen molar-refractivity contribution in [3.05, 3.63) is 34.8 Å². The van der Waals surface area contributed by atoms with Crippen molar-refractivity contribution in [2.24, 2.45) is 5.73 Å². The van der Waals surface area contributed by atoms with Crippen LogP contribution in [0.3, 0.4) is 0 Å². The van der Waals surface area contributed by atoms with Crippen molar-refractivity contribution < 1.29 is 27.9 Å². The first-order chi connectivity index (χ1) is 12.9. The molecule has 4 N–H and O–H groups in total. The minimum absolute atomic E-state index is 0.0499. The van der Waals surface area contributed by atoms with Gasteiger partial charge in [-0.15, -0.1) is 10.2 Å². The van der Waals surface area contributed by atoms with Gasteiger partial charge in [-0.25, -0.2) is 13.2 Å². The molecule has 0 saturated carbocycles. The molecule has 0 unspecified atom stereocenters. The lowest BCUT2D eigenvalue weighted by Crippen LogP contribution is -2.27. The van der Waals surface area contributed by atoms with Crippen LogP contribution in [-0.4, -0.2) is 66.9 Å². The molecule has 152 valence electrons. The summed E-state index contributed by atoms with van der Waals surface area (Å²) in [5, 5.41) is 17.8. The lowest BCUT2D eigenvalue weighted by Gasteiger charge is -2.12. The predicted molar refractivity (Wildman–Crippen MR) is 102 cm³/mol. The molecule has 2 aromatic rings. The van der Waals surface area contributed by atoms with Gasteiger partial charge in [-0.05, 0) is 17.7 Å². The zero-order valence-electron chi connectivity index (χ0n) is 15.2. The highest BCUT2D eigenvalue weighted by Crippen LogP contribution is 2.14. The van der Waals surface area contributed by atoms with Crippen LogP contribution in [0.4, 0.5) is 10.5 Å². The maximum absolute atomic E-state index is 11.3. The molecule has 1 heterocycles. The number of sulfone groups is 1. The predicted octanol–water partition coefficient (Wildman–Crippen LogP) is 0.448. The molecule has 11 nitrogen and oxygen atoms in total. The number of nitrogens with two attached hydrogens (primary N) is 1. The molecular formula is C15H19N5O6S2. The van der Waals surface area contributed by atoms with Crippen LogP contribution in [0.2, 0.25) is 0 Å². The third-order valence-corrected chi connectivity index (χ3v) is 5.48. The second-order valence-electron chi connectivity index (χ2n) is 5.61. The number of carboxylic acid groups (broad SMARTS) is 1. The fraction of sp³-hybridized carbons (Fsp3) is 0.267. The SMILES string of the molecule is CN(C)C(=O)Nc1cccc(CC(=O)O)c1.CS(=O)(=O)c1nnc(C(N)=O)s1. The quantitative estimate of drug-likeness (QED) is 0.614. The van der Waals surface area contributed by atoms with Crippen LogP contribution in [-0.2, 0) is 21.1 Å². The van der Waals surface area contributed by atoms with E-state index in [1.807, 2.05) is 0 Å². The maximum Gasteiger partial charge on any atom is 0.321 e. The summed E-state index contributed by atoms with van der Waals surface area (Å²) in [6, 6.07) is 6.54. The highest BCUT2D eigenvalue weighted by atomic mass is 32.2.